The summed E-state index contributed by atoms with van der Waals surface area (Å²) in [6, 6.07) is 13.5. The van der Waals surface area contributed by atoms with E-state index in [-0.39, 0.29) is 5.95 Å². The Morgan fingerprint density at radius 3 is 2.53 bits per heavy atom. The minimum atomic E-state index is 0.194. The van der Waals surface area contributed by atoms with Crippen LogP contribution >= 0.6 is 0 Å². The fourth-order valence-electron chi connectivity index (χ4n) is 2.98. The predicted molar refractivity (Wildman–Crippen MR) is 110 cm³/mol. The molecular formula is C20H17N9O. The van der Waals surface area contributed by atoms with E-state index < -0.39 is 0 Å². The van der Waals surface area contributed by atoms with Crippen molar-refractivity contribution in [2.24, 2.45) is 0 Å². The van der Waals surface area contributed by atoms with Crippen LogP contribution in [0.4, 0.5) is 11.9 Å². The van der Waals surface area contributed by atoms with Gasteiger partial charge in [0.25, 0.3) is 5.78 Å². The van der Waals surface area contributed by atoms with Gasteiger partial charge in [-0.15, -0.1) is 5.10 Å². The van der Waals surface area contributed by atoms with Crippen molar-refractivity contribution in [3.63, 3.8) is 0 Å². The Morgan fingerprint density at radius 1 is 0.933 bits per heavy atom. The van der Waals surface area contributed by atoms with E-state index in [0.29, 0.717) is 35.7 Å². The standard InChI is InChI=1S/C20H17N9O/c21-18-26-19(27-20-25-17(28-29(18)20)15-3-1-12-30-15)24-11-8-13-4-6-14(7-5-13)16-22-9-2-10-23-16/h1-7,9-10,12H,8,11H2,(H3,21,24,25,26,27,28). The third-order valence-electron chi connectivity index (χ3n) is 4.45. The fourth-order valence-corrected chi connectivity index (χ4v) is 2.98. The summed E-state index contributed by atoms with van der Waals surface area (Å²) in [4.78, 5) is 21.5. The van der Waals surface area contributed by atoms with Crippen molar-refractivity contribution in [3.8, 4) is 23.0 Å². The Morgan fingerprint density at radius 2 is 1.77 bits per heavy atom. The predicted octanol–water partition coefficient (Wildman–Crippen LogP) is 2.47. The second-order valence-corrected chi connectivity index (χ2v) is 6.48. The number of furan rings is 1. The van der Waals surface area contributed by atoms with Crippen LogP contribution in [-0.4, -0.2) is 41.1 Å². The lowest BCUT2D eigenvalue weighted by atomic mass is 10.1. The van der Waals surface area contributed by atoms with Crippen LogP contribution in [0.2, 0.25) is 0 Å². The van der Waals surface area contributed by atoms with Gasteiger partial charge in [-0.1, -0.05) is 24.3 Å². The number of hydrogen-bond acceptors (Lipinski definition) is 9. The maximum Gasteiger partial charge on any atom is 0.259 e. The van der Waals surface area contributed by atoms with E-state index in [1.807, 2.05) is 12.1 Å². The van der Waals surface area contributed by atoms with Crippen molar-refractivity contribution in [2.75, 3.05) is 17.6 Å². The molecule has 0 bridgehead atoms. The monoisotopic (exact) mass is 399 g/mol. The molecule has 0 radical (unpaired) electrons. The van der Waals surface area contributed by atoms with Crippen LogP contribution in [0.5, 0.6) is 0 Å². The molecule has 4 heterocycles. The van der Waals surface area contributed by atoms with Gasteiger partial charge in [-0.05, 0) is 30.2 Å². The lowest BCUT2D eigenvalue weighted by Crippen LogP contribution is -2.12. The molecule has 5 aromatic rings. The summed E-state index contributed by atoms with van der Waals surface area (Å²) in [6.45, 7) is 0.635. The summed E-state index contributed by atoms with van der Waals surface area (Å²) in [7, 11) is 0. The van der Waals surface area contributed by atoms with Crippen molar-refractivity contribution in [2.45, 2.75) is 6.42 Å². The molecule has 10 nitrogen and oxygen atoms in total. The minimum Gasteiger partial charge on any atom is -0.461 e. The van der Waals surface area contributed by atoms with Gasteiger partial charge >= 0.3 is 0 Å². The topological polar surface area (TPSA) is 133 Å². The molecule has 0 fully saturated rings. The van der Waals surface area contributed by atoms with Crippen LogP contribution < -0.4 is 11.1 Å². The van der Waals surface area contributed by atoms with Gasteiger partial charge in [-0.25, -0.2) is 9.97 Å². The lowest BCUT2D eigenvalue weighted by molar-refractivity contribution is 0.577. The molecule has 4 aromatic heterocycles. The quantitative estimate of drug-likeness (QED) is 0.441. The zero-order chi connectivity index (χ0) is 20.3. The summed E-state index contributed by atoms with van der Waals surface area (Å²) in [6.07, 6.45) is 5.81. The van der Waals surface area contributed by atoms with E-state index >= 15 is 0 Å². The Hall–Kier alpha value is -4.34. The third kappa shape index (κ3) is 3.53. The zero-order valence-corrected chi connectivity index (χ0v) is 15.8. The number of rotatable bonds is 6. The Labute approximate surface area is 170 Å². The zero-order valence-electron chi connectivity index (χ0n) is 15.8. The molecule has 0 unspecified atom stereocenters. The molecule has 0 saturated carbocycles. The second kappa shape index (κ2) is 7.59. The number of nitrogens with zero attached hydrogens (tertiary/aromatic N) is 7. The van der Waals surface area contributed by atoms with Crippen LogP contribution in [0.15, 0.2) is 65.5 Å². The summed E-state index contributed by atoms with van der Waals surface area (Å²) >= 11 is 0. The van der Waals surface area contributed by atoms with E-state index in [4.69, 9.17) is 10.2 Å². The smallest absolute Gasteiger partial charge is 0.259 e. The molecule has 0 aliphatic carbocycles. The molecule has 30 heavy (non-hydrogen) atoms. The van der Waals surface area contributed by atoms with E-state index in [2.05, 4.69) is 47.5 Å². The molecule has 0 saturated heterocycles. The van der Waals surface area contributed by atoms with Gasteiger partial charge < -0.3 is 15.5 Å². The fraction of sp³-hybridized carbons (Fsp3) is 0.100. The van der Waals surface area contributed by atoms with Crippen LogP contribution in [0, 0.1) is 0 Å². The number of benzene rings is 1. The van der Waals surface area contributed by atoms with Crippen molar-refractivity contribution in [3.05, 3.63) is 66.7 Å². The number of hydrogen-bond donors (Lipinski definition) is 2. The van der Waals surface area contributed by atoms with E-state index in [9.17, 15) is 0 Å². The van der Waals surface area contributed by atoms with E-state index in [0.717, 1.165) is 12.0 Å². The van der Waals surface area contributed by atoms with Crippen LogP contribution in [0.3, 0.4) is 0 Å². The number of fused-ring (bicyclic) bond motifs is 1. The summed E-state index contributed by atoms with van der Waals surface area (Å²) in [5.74, 6) is 2.59. The molecule has 0 atom stereocenters. The molecular weight excluding hydrogens is 382 g/mol. The van der Waals surface area contributed by atoms with Crippen molar-refractivity contribution >= 4 is 17.7 Å². The molecule has 1 aromatic carbocycles. The first-order chi connectivity index (χ1) is 14.8. The highest BCUT2D eigenvalue weighted by molar-refractivity contribution is 5.55. The van der Waals surface area contributed by atoms with E-state index in [1.54, 1.807) is 36.9 Å². The van der Waals surface area contributed by atoms with Gasteiger partial charge in [0, 0.05) is 24.5 Å². The average molecular weight is 399 g/mol. The SMILES string of the molecule is Nc1nc(NCCc2ccc(-c3ncccn3)cc2)nc2nc(-c3ccco3)nn12. The number of nitrogens with one attached hydrogen (secondary N) is 1. The van der Waals surface area contributed by atoms with Gasteiger partial charge in [0.15, 0.2) is 11.6 Å². The maximum atomic E-state index is 6.01. The highest BCUT2D eigenvalue weighted by Crippen LogP contribution is 2.18. The molecule has 0 aliphatic heterocycles. The Balaban J connectivity index is 1.26. The van der Waals surface area contributed by atoms with Gasteiger partial charge in [0.1, 0.15) is 0 Å². The maximum absolute atomic E-state index is 6.01. The highest BCUT2D eigenvalue weighted by atomic mass is 16.3. The molecule has 148 valence electrons. The first kappa shape index (κ1) is 17.7. The molecule has 5 rings (SSSR count). The molecule has 0 amide bonds. The summed E-state index contributed by atoms with van der Waals surface area (Å²) in [5.41, 5.74) is 8.15. The number of nitrogen functional groups attached to an aromatic ring is 1. The first-order valence-electron chi connectivity index (χ1n) is 9.31. The number of aromatic nitrogens is 7. The van der Waals surface area contributed by atoms with E-state index in [1.165, 1.54) is 10.1 Å². The van der Waals surface area contributed by atoms with Crippen molar-refractivity contribution < 1.29 is 4.42 Å². The van der Waals surface area contributed by atoms with Gasteiger partial charge in [-0.2, -0.15) is 19.5 Å². The minimum absolute atomic E-state index is 0.194. The first-order valence-corrected chi connectivity index (χ1v) is 9.31. The van der Waals surface area contributed by atoms with Gasteiger partial charge in [-0.3, -0.25) is 0 Å². The average Bonchev–Trinajstić information content (AvgIpc) is 3.45. The van der Waals surface area contributed by atoms with Crippen molar-refractivity contribution in [1.82, 2.24) is 34.5 Å². The molecule has 10 heteroatoms. The third-order valence-corrected chi connectivity index (χ3v) is 4.45. The van der Waals surface area contributed by atoms with Crippen LogP contribution in [0.1, 0.15) is 5.56 Å². The van der Waals surface area contributed by atoms with Gasteiger partial charge in [0.05, 0.1) is 6.26 Å². The summed E-state index contributed by atoms with van der Waals surface area (Å²) in [5, 5.41) is 7.47. The van der Waals surface area contributed by atoms with Crippen molar-refractivity contribution in [1.29, 1.82) is 0 Å². The largest absolute Gasteiger partial charge is 0.461 e. The second-order valence-electron chi connectivity index (χ2n) is 6.48. The molecule has 3 N–H and O–H groups in total. The lowest BCUT2D eigenvalue weighted by Gasteiger charge is -2.06. The molecule has 0 aliphatic rings. The normalized spacial score (nSPS) is 11.1. The number of anilines is 2. The van der Waals surface area contributed by atoms with Crippen LogP contribution in [0.25, 0.3) is 28.8 Å². The molecule has 0 spiro atoms. The highest BCUT2D eigenvalue weighted by Gasteiger charge is 2.13. The Bertz CT molecular complexity index is 1270. The van der Waals surface area contributed by atoms with Gasteiger partial charge in [0.2, 0.25) is 17.7 Å². The summed E-state index contributed by atoms with van der Waals surface area (Å²) < 4.78 is 6.70. The Kier molecular flexibility index (Phi) is 4.48. The van der Waals surface area contributed by atoms with Crippen LogP contribution in [-0.2, 0) is 6.42 Å². The number of nitrogens with two attached hydrogens (primary N) is 1.